The molecule has 1 saturated heterocycles. The van der Waals surface area contributed by atoms with Crippen LogP contribution < -0.4 is 0 Å². The largest absolute Gasteiger partial charge is 0.458 e. The molecule has 34 heavy (non-hydrogen) atoms. The first-order valence-electron chi connectivity index (χ1n) is 12.2. The standard InChI is InChI=1S/C26H34O8/c1-3-26(32)9-7-18-16-11-19(28)17-10-13(4-5-14(17)15(16)6-8-25(18,26)2)33-24-23(31)22(30)21(29)20(12-27)34-24/h1,5,15-16,18-24,27-32H,4,6-9,11-12H2,2H3/t15-,16-,18+,19-,20-,21-,22+,23-,24-,25+,26+/m1/s1. The van der Waals surface area contributed by atoms with Crippen molar-refractivity contribution in [2.24, 2.45) is 23.2 Å². The van der Waals surface area contributed by atoms with E-state index in [0.29, 0.717) is 30.6 Å². The summed E-state index contributed by atoms with van der Waals surface area (Å²) in [5.41, 5.74) is 3.45. The molecule has 1 heterocycles. The van der Waals surface area contributed by atoms with Crippen molar-refractivity contribution in [3.8, 4) is 12.3 Å². The van der Waals surface area contributed by atoms with Crippen molar-refractivity contribution >= 4 is 0 Å². The Morgan fingerprint density at radius 1 is 1.18 bits per heavy atom. The van der Waals surface area contributed by atoms with E-state index in [1.165, 1.54) is 0 Å². The van der Waals surface area contributed by atoms with Gasteiger partial charge < -0.3 is 40.1 Å². The highest BCUT2D eigenvalue weighted by Crippen LogP contribution is 2.64. The second kappa shape index (κ2) is 8.48. The molecule has 11 atom stereocenters. The molecule has 8 nitrogen and oxygen atoms in total. The van der Waals surface area contributed by atoms with Crippen molar-refractivity contribution < 1.29 is 40.1 Å². The Kier molecular flexibility index (Phi) is 6.00. The summed E-state index contributed by atoms with van der Waals surface area (Å²) in [7, 11) is 0. The van der Waals surface area contributed by atoms with Crippen LogP contribution in [0.15, 0.2) is 28.7 Å². The molecule has 4 fully saturated rings. The Bertz CT molecular complexity index is 974. The van der Waals surface area contributed by atoms with Crippen LogP contribution in [0.1, 0.15) is 45.4 Å². The van der Waals surface area contributed by atoms with Gasteiger partial charge in [0.05, 0.1) is 12.7 Å². The highest BCUT2D eigenvalue weighted by atomic mass is 16.7. The van der Waals surface area contributed by atoms with Gasteiger partial charge in [-0.3, -0.25) is 0 Å². The van der Waals surface area contributed by atoms with Gasteiger partial charge in [-0.1, -0.05) is 24.7 Å². The molecule has 0 unspecified atom stereocenters. The predicted molar refractivity (Wildman–Crippen MR) is 120 cm³/mol. The van der Waals surface area contributed by atoms with Crippen LogP contribution in [0.4, 0.5) is 0 Å². The van der Waals surface area contributed by atoms with E-state index in [9.17, 15) is 30.6 Å². The second-order valence-electron chi connectivity index (χ2n) is 10.8. The lowest BCUT2D eigenvalue weighted by Gasteiger charge is -2.53. The maximum Gasteiger partial charge on any atom is 0.229 e. The molecule has 5 rings (SSSR count). The average Bonchev–Trinajstić information content (AvgIpc) is 3.11. The average molecular weight is 475 g/mol. The fourth-order valence-electron chi connectivity index (χ4n) is 7.23. The molecule has 0 aromatic heterocycles. The minimum atomic E-state index is -1.52. The topological polar surface area (TPSA) is 140 Å². The molecule has 0 amide bonds. The molecule has 0 radical (unpaired) electrons. The SMILES string of the molecule is C#C[C@]1(O)CC[C@H]2[C@@H]3C[C@@H](O)C4=C=C(O[C@@H]5O[C@H](CO)[C@@H](O)[C@H](O)[C@H]5O)CC=C4[C@H]3CC[C@@]21C. The molecule has 0 bridgehead atoms. The van der Waals surface area contributed by atoms with Crippen LogP contribution >= 0.6 is 0 Å². The molecule has 5 aliphatic rings. The summed E-state index contributed by atoms with van der Waals surface area (Å²) in [6.45, 7) is 1.56. The van der Waals surface area contributed by atoms with Gasteiger partial charge in [-0.25, -0.2) is 0 Å². The number of rotatable bonds is 3. The predicted octanol–water partition coefficient (Wildman–Crippen LogP) is 0.114. The molecule has 0 spiro atoms. The number of hydrogen-bond donors (Lipinski definition) is 6. The molecular formula is C26H34O8. The number of aliphatic hydroxyl groups is 6. The first kappa shape index (κ1) is 24.1. The van der Waals surface area contributed by atoms with Crippen molar-refractivity contribution in [3.63, 3.8) is 0 Å². The quantitative estimate of drug-likeness (QED) is 0.250. The summed E-state index contributed by atoms with van der Waals surface area (Å²) in [5, 5.41) is 61.8. The van der Waals surface area contributed by atoms with Crippen LogP contribution in [-0.4, -0.2) is 79.7 Å². The Morgan fingerprint density at radius 2 is 1.94 bits per heavy atom. The van der Waals surface area contributed by atoms with Gasteiger partial charge in [0.1, 0.15) is 35.8 Å². The molecule has 0 aromatic rings. The van der Waals surface area contributed by atoms with Gasteiger partial charge >= 0.3 is 0 Å². The first-order chi connectivity index (χ1) is 16.1. The monoisotopic (exact) mass is 474 g/mol. The Morgan fingerprint density at radius 3 is 2.65 bits per heavy atom. The van der Waals surface area contributed by atoms with E-state index in [1.54, 1.807) is 0 Å². The van der Waals surface area contributed by atoms with Gasteiger partial charge in [0, 0.05) is 17.4 Å². The molecule has 1 aliphatic heterocycles. The maximum atomic E-state index is 11.1. The lowest BCUT2D eigenvalue weighted by atomic mass is 9.52. The molecular weight excluding hydrogens is 440 g/mol. The van der Waals surface area contributed by atoms with E-state index in [4.69, 9.17) is 15.9 Å². The van der Waals surface area contributed by atoms with E-state index in [1.807, 2.05) is 6.08 Å². The van der Waals surface area contributed by atoms with E-state index in [-0.39, 0.29) is 23.2 Å². The highest BCUT2D eigenvalue weighted by molar-refractivity contribution is 5.43. The van der Waals surface area contributed by atoms with E-state index in [0.717, 1.165) is 24.8 Å². The van der Waals surface area contributed by atoms with Crippen LogP contribution in [0.2, 0.25) is 0 Å². The molecule has 186 valence electrons. The first-order valence-corrected chi connectivity index (χ1v) is 12.2. The zero-order valence-electron chi connectivity index (χ0n) is 19.3. The van der Waals surface area contributed by atoms with Gasteiger partial charge in [-0.05, 0) is 55.4 Å². The minimum absolute atomic E-state index is 0.223. The zero-order valence-corrected chi connectivity index (χ0v) is 19.3. The lowest BCUT2D eigenvalue weighted by Crippen LogP contribution is -2.59. The van der Waals surface area contributed by atoms with Gasteiger partial charge in [0.25, 0.3) is 0 Å². The van der Waals surface area contributed by atoms with Crippen LogP contribution in [0.3, 0.4) is 0 Å². The third-order valence-corrected chi connectivity index (χ3v) is 9.25. The van der Waals surface area contributed by atoms with E-state index < -0.39 is 49.0 Å². The molecule has 0 aromatic carbocycles. The normalized spacial score (nSPS) is 50.1. The summed E-state index contributed by atoms with van der Waals surface area (Å²) in [6, 6.07) is 0. The van der Waals surface area contributed by atoms with Crippen molar-refractivity contribution in [3.05, 3.63) is 28.7 Å². The van der Waals surface area contributed by atoms with Crippen LogP contribution in [-0.2, 0) is 9.47 Å². The van der Waals surface area contributed by atoms with E-state index >= 15 is 0 Å². The van der Waals surface area contributed by atoms with Gasteiger partial charge in [0.15, 0.2) is 0 Å². The zero-order chi connectivity index (χ0) is 24.4. The van der Waals surface area contributed by atoms with Crippen LogP contribution in [0.25, 0.3) is 0 Å². The number of fused-ring (bicyclic) bond motifs is 5. The number of ether oxygens (including phenoxy) is 2. The van der Waals surface area contributed by atoms with Crippen LogP contribution in [0.5, 0.6) is 0 Å². The van der Waals surface area contributed by atoms with Crippen molar-refractivity contribution in [1.82, 2.24) is 0 Å². The fourth-order valence-corrected chi connectivity index (χ4v) is 7.23. The summed E-state index contributed by atoms with van der Waals surface area (Å²) in [6.07, 6.45) is 4.24. The second-order valence-corrected chi connectivity index (χ2v) is 10.8. The number of aliphatic hydroxyl groups excluding tert-OH is 5. The van der Waals surface area contributed by atoms with Gasteiger partial charge in [-0.2, -0.15) is 0 Å². The van der Waals surface area contributed by atoms with Crippen molar-refractivity contribution in [2.45, 2.75) is 87.9 Å². The van der Waals surface area contributed by atoms with E-state index in [2.05, 4.69) is 18.6 Å². The lowest BCUT2D eigenvalue weighted by molar-refractivity contribution is -0.291. The Hall–Kier alpha value is -1.66. The fraction of sp³-hybridized carbons (Fsp3) is 0.731. The smallest absolute Gasteiger partial charge is 0.229 e. The summed E-state index contributed by atoms with van der Waals surface area (Å²) < 4.78 is 11.2. The highest BCUT2D eigenvalue weighted by Gasteiger charge is 2.62. The number of terminal acetylenes is 1. The molecule has 4 aliphatic carbocycles. The third kappa shape index (κ3) is 3.42. The number of hydrogen-bond acceptors (Lipinski definition) is 8. The Balaban J connectivity index is 1.38. The minimum Gasteiger partial charge on any atom is -0.458 e. The Labute approximate surface area is 199 Å². The molecule has 6 N–H and O–H groups in total. The summed E-state index contributed by atoms with van der Waals surface area (Å²) >= 11 is 0. The maximum absolute atomic E-state index is 11.1. The summed E-state index contributed by atoms with van der Waals surface area (Å²) in [5.74, 6) is 3.72. The third-order valence-electron chi connectivity index (χ3n) is 9.25. The van der Waals surface area contributed by atoms with Gasteiger partial charge in [-0.15, -0.1) is 6.42 Å². The van der Waals surface area contributed by atoms with Crippen LogP contribution in [0, 0.1) is 35.5 Å². The summed E-state index contributed by atoms with van der Waals surface area (Å²) in [4.78, 5) is 0. The van der Waals surface area contributed by atoms with Crippen molar-refractivity contribution in [2.75, 3.05) is 6.61 Å². The molecule has 8 heteroatoms. The molecule has 3 saturated carbocycles. The van der Waals surface area contributed by atoms with Gasteiger partial charge in [0.2, 0.25) is 6.29 Å². The van der Waals surface area contributed by atoms with Crippen molar-refractivity contribution in [1.29, 1.82) is 0 Å².